The third-order valence-electron chi connectivity index (χ3n) is 3.07. The Morgan fingerprint density at radius 3 is 3.12 bits per heavy atom. The smallest absolute Gasteiger partial charge is 0.123 e. The van der Waals surface area contributed by atoms with Crippen molar-refractivity contribution in [3.8, 4) is 5.75 Å². The number of benzene rings is 1. The van der Waals surface area contributed by atoms with Crippen molar-refractivity contribution in [3.63, 3.8) is 0 Å². The Kier molecular flexibility index (Phi) is 4.13. The first kappa shape index (κ1) is 11.8. The summed E-state index contributed by atoms with van der Waals surface area (Å²) in [6.07, 6.45) is 2.49. The summed E-state index contributed by atoms with van der Waals surface area (Å²) in [5, 5.41) is 3.21. The van der Waals surface area contributed by atoms with E-state index < -0.39 is 0 Å². The highest BCUT2D eigenvalue weighted by molar-refractivity contribution is 7.99. The van der Waals surface area contributed by atoms with Crippen LogP contribution in [0.15, 0.2) is 23.1 Å². The second-order valence-corrected chi connectivity index (χ2v) is 5.19. The van der Waals surface area contributed by atoms with Gasteiger partial charge in [0.1, 0.15) is 5.75 Å². The molecule has 2 nitrogen and oxygen atoms in total. The predicted octanol–water partition coefficient (Wildman–Crippen LogP) is 2.88. The van der Waals surface area contributed by atoms with E-state index >= 15 is 0 Å². The molecule has 1 heterocycles. The van der Waals surface area contributed by atoms with Crippen molar-refractivity contribution in [3.05, 3.63) is 23.8 Å². The topological polar surface area (TPSA) is 21.3 Å². The SMILES string of the molecule is CNCCCC1CSc2cccc(OC)c21. The van der Waals surface area contributed by atoms with E-state index in [1.807, 2.05) is 18.8 Å². The first-order valence-electron chi connectivity index (χ1n) is 5.81. The summed E-state index contributed by atoms with van der Waals surface area (Å²) >= 11 is 1.96. The van der Waals surface area contributed by atoms with Crippen LogP contribution in [0.25, 0.3) is 0 Å². The largest absolute Gasteiger partial charge is 0.496 e. The van der Waals surface area contributed by atoms with Crippen LogP contribution in [0.4, 0.5) is 0 Å². The second-order valence-electron chi connectivity index (χ2n) is 4.13. The van der Waals surface area contributed by atoms with Gasteiger partial charge in [-0.2, -0.15) is 0 Å². The Hall–Kier alpha value is -0.670. The molecule has 1 atom stereocenters. The zero-order chi connectivity index (χ0) is 11.4. The summed E-state index contributed by atoms with van der Waals surface area (Å²) in [7, 11) is 3.78. The standard InChI is InChI=1S/C13H19NOS/c1-14-8-4-5-10-9-16-12-7-3-6-11(15-2)13(10)12/h3,6-7,10,14H,4-5,8-9H2,1-2H3. The van der Waals surface area contributed by atoms with Gasteiger partial charge in [0.15, 0.2) is 0 Å². The summed E-state index contributed by atoms with van der Waals surface area (Å²) < 4.78 is 5.46. The molecule has 1 aromatic carbocycles. The minimum absolute atomic E-state index is 0.671. The van der Waals surface area contributed by atoms with Gasteiger partial charge in [-0.25, -0.2) is 0 Å². The zero-order valence-corrected chi connectivity index (χ0v) is 10.8. The third-order valence-corrected chi connectivity index (χ3v) is 4.31. The van der Waals surface area contributed by atoms with E-state index in [4.69, 9.17) is 4.74 Å². The molecule has 0 aliphatic carbocycles. The molecular weight excluding hydrogens is 218 g/mol. The Morgan fingerprint density at radius 2 is 2.38 bits per heavy atom. The Bertz CT molecular complexity index is 354. The molecule has 3 heteroatoms. The van der Waals surface area contributed by atoms with Gasteiger partial charge in [0.2, 0.25) is 0 Å². The molecule has 16 heavy (non-hydrogen) atoms. The van der Waals surface area contributed by atoms with Gasteiger partial charge in [0.25, 0.3) is 0 Å². The van der Waals surface area contributed by atoms with Gasteiger partial charge in [0, 0.05) is 16.2 Å². The summed E-state index contributed by atoms with van der Waals surface area (Å²) in [6, 6.07) is 6.37. The Morgan fingerprint density at radius 1 is 1.50 bits per heavy atom. The highest BCUT2D eigenvalue weighted by atomic mass is 32.2. The summed E-state index contributed by atoms with van der Waals surface area (Å²) in [5.41, 5.74) is 1.44. The zero-order valence-electron chi connectivity index (χ0n) is 9.95. The fourth-order valence-corrected chi connectivity index (χ4v) is 3.57. The normalized spacial score (nSPS) is 18.5. The van der Waals surface area contributed by atoms with Crippen LogP contribution < -0.4 is 10.1 Å². The fourth-order valence-electron chi connectivity index (χ4n) is 2.26. The molecule has 0 saturated heterocycles. The average molecular weight is 237 g/mol. The maximum atomic E-state index is 5.46. The van der Waals surface area contributed by atoms with Gasteiger partial charge in [0.05, 0.1) is 7.11 Å². The molecule has 1 N–H and O–H groups in total. The number of hydrogen-bond acceptors (Lipinski definition) is 3. The van der Waals surface area contributed by atoms with Crippen molar-refractivity contribution in [2.75, 3.05) is 26.5 Å². The van der Waals surface area contributed by atoms with E-state index in [-0.39, 0.29) is 0 Å². The van der Waals surface area contributed by atoms with Crippen LogP contribution in [-0.4, -0.2) is 26.5 Å². The number of rotatable bonds is 5. The van der Waals surface area contributed by atoms with Crippen molar-refractivity contribution < 1.29 is 4.74 Å². The maximum Gasteiger partial charge on any atom is 0.123 e. The van der Waals surface area contributed by atoms with Gasteiger partial charge in [-0.3, -0.25) is 0 Å². The first-order valence-corrected chi connectivity index (χ1v) is 6.79. The van der Waals surface area contributed by atoms with E-state index in [9.17, 15) is 0 Å². The molecule has 1 aliphatic heterocycles. The highest BCUT2D eigenvalue weighted by Gasteiger charge is 2.25. The number of methoxy groups -OCH3 is 1. The minimum atomic E-state index is 0.671. The summed E-state index contributed by atoms with van der Waals surface area (Å²) in [6.45, 7) is 1.10. The third kappa shape index (κ3) is 2.36. The molecule has 0 radical (unpaired) electrons. The Balaban J connectivity index is 2.11. The van der Waals surface area contributed by atoms with E-state index in [2.05, 4.69) is 23.5 Å². The Labute approximate surface area is 102 Å². The van der Waals surface area contributed by atoms with E-state index in [1.165, 1.54) is 29.1 Å². The van der Waals surface area contributed by atoms with Crippen LogP contribution in [0.5, 0.6) is 5.75 Å². The summed E-state index contributed by atoms with van der Waals surface area (Å²) in [4.78, 5) is 1.41. The molecule has 0 amide bonds. The predicted molar refractivity (Wildman–Crippen MR) is 69.6 cm³/mol. The monoisotopic (exact) mass is 237 g/mol. The van der Waals surface area contributed by atoms with Crippen molar-refractivity contribution in [1.82, 2.24) is 5.32 Å². The summed E-state index contributed by atoms with van der Waals surface area (Å²) in [5.74, 6) is 2.95. The van der Waals surface area contributed by atoms with Gasteiger partial charge in [-0.15, -0.1) is 11.8 Å². The average Bonchev–Trinajstić information content (AvgIpc) is 2.73. The van der Waals surface area contributed by atoms with E-state index in [0.29, 0.717) is 5.92 Å². The number of fused-ring (bicyclic) bond motifs is 1. The molecule has 88 valence electrons. The van der Waals surface area contributed by atoms with Crippen LogP contribution in [0.2, 0.25) is 0 Å². The second kappa shape index (κ2) is 5.60. The van der Waals surface area contributed by atoms with Crippen LogP contribution in [-0.2, 0) is 0 Å². The highest BCUT2D eigenvalue weighted by Crippen LogP contribution is 2.46. The molecule has 1 aliphatic rings. The van der Waals surface area contributed by atoms with Gasteiger partial charge in [-0.1, -0.05) is 6.07 Å². The number of ether oxygens (including phenoxy) is 1. The number of thioether (sulfide) groups is 1. The lowest BCUT2D eigenvalue weighted by molar-refractivity contribution is 0.404. The molecule has 0 aromatic heterocycles. The molecule has 1 aromatic rings. The molecule has 2 rings (SSSR count). The fraction of sp³-hybridized carbons (Fsp3) is 0.538. The minimum Gasteiger partial charge on any atom is -0.496 e. The van der Waals surface area contributed by atoms with Gasteiger partial charge in [-0.05, 0) is 44.5 Å². The van der Waals surface area contributed by atoms with Crippen LogP contribution in [0, 0.1) is 0 Å². The van der Waals surface area contributed by atoms with Crippen molar-refractivity contribution in [2.24, 2.45) is 0 Å². The van der Waals surface area contributed by atoms with E-state index in [0.717, 1.165) is 12.3 Å². The molecule has 0 fully saturated rings. The number of hydrogen-bond donors (Lipinski definition) is 1. The van der Waals surface area contributed by atoms with Crippen LogP contribution in [0.3, 0.4) is 0 Å². The lowest BCUT2D eigenvalue weighted by Gasteiger charge is -2.13. The quantitative estimate of drug-likeness (QED) is 0.796. The molecule has 0 bridgehead atoms. The lowest BCUT2D eigenvalue weighted by atomic mass is 9.95. The first-order chi connectivity index (χ1) is 7.86. The van der Waals surface area contributed by atoms with E-state index in [1.54, 1.807) is 7.11 Å². The van der Waals surface area contributed by atoms with Crippen molar-refractivity contribution >= 4 is 11.8 Å². The van der Waals surface area contributed by atoms with Crippen molar-refractivity contribution in [1.29, 1.82) is 0 Å². The molecule has 0 saturated carbocycles. The van der Waals surface area contributed by atoms with Crippen LogP contribution in [0.1, 0.15) is 24.3 Å². The maximum absolute atomic E-state index is 5.46. The molecular formula is C13H19NOS. The van der Waals surface area contributed by atoms with Gasteiger partial charge >= 0.3 is 0 Å². The molecule has 0 spiro atoms. The number of nitrogens with one attached hydrogen (secondary N) is 1. The lowest BCUT2D eigenvalue weighted by Crippen LogP contribution is -2.09. The molecule has 1 unspecified atom stereocenters. The van der Waals surface area contributed by atoms with Gasteiger partial charge < -0.3 is 10.1 Å². The van der Waals surface area contributed by atoms with Crippen molar-refractivity contribution in [2.45, 2.75) is 23.7 Å². The van der Waals surface area contributed by atoms with Crippen LogP contribution >= 0.6 is 11.8 Å².